The second-order valence-electron chi connectivity index (χ2n) is 20.2. The van der Waals surface area contributed by atoms with Crippen LogP contribution in [0.3, 0.4) is 0 Å². The van der Waals surface area contributed by atoms with Crippen LogP contribution in [0.2, 0.25) is 0 Å². The molecule has 0 radical (unpaired) electrons. The first-order valence-electron chi connectivity index (χ1n) is 30.6. The van der Waals surface area contributed by atoms with Crippen molar-refractivity contribution in [3.05, 3.63) is 85.1 Å². The quantitative estimate of drug-likeness (QED) is 0.0261. The van der Waals surface area contributed by atoms with E-state index in [0.717, 1.165) is 116 Å². The molecule has 1 atom stereocenters. The van der Waals surface area contributed by atoms with E-state index < -0.39 is 6.10 Å². The molecule has 72 heavy (non-hydrogen) atoms. The van der Waals surface area contributed by atoms with Crippen LogP contribution in [0.25, 0.3) is 0 Å². The summed E-state index contributed by atoms with van der Waals surface area (Å²) in [7, 11) is 0. The van der Waals surface area contributed by atoms with Crippen LogP contribution >= 0.6 is 0 Å². The molecule has 1 unspecified atom stereocenters. The summed E-state index contributed by atoms with van der Waals surface area (Å²) in [5, 5.41) is 0. The molecule has 0 aromatic rings. The van der Waals surface area contributed by atoms with Gasteiger partial charge in [0.15, 0.2) is 6.10 Å². The standard InChI is InChI=1S/C66H114O6/c1-4-7-10-13-16-19-22-25-28-30-31-32-33-34-35-37-38-41-44-47-50-53-56-59-65(68)71-62-63(61-70-64(67)58-55-52-49-46-43-40-27-24-21-18-15-12-9-6-3)72-66(69)60-57-54-51-48-45-42-39-36-29-26-23-20-17-14-11-8-5-2/h8,11,17,20,22,25-26,29-31,33-34,39,42,63H,4-7,9-10,12-16,18-19,21,23-24,27-28,32,35-38,40-41,43-62H2,1-3H3/b11-8-,20-17-,25-22-,29-26-,31-30-,34-33-,42-39-. The number of rotatable bonds is 55. The predicted octanol–water partition coefficient (Wildman–Crippen LogP) is 20.7. The van der Waals surface area contributed by atoms with Crippen LogP contribution < -0.4 is 0 Å². The van der Waals surface area contributed by atoms with Crippen LogP contribution in [0.4, 0.5) is 0 Å². The van der Waals surface area contributed by atoms with E-state index in [0.29, 0.717) is 19.3 Å². The lowest BCUT2D eigenvalue weighted by atomic mass is 10.0. The smallest absolute Gasteiger partial charge is 0.306 e. The molecule has 6 nitrogen and oxygen atoms in total. The van der Waals surface area contributed by atoms with E-state index in [2.05, 4.69) is 106 Å². The van der Waals surface area contributed by atoms with E-state index in [1.54, 1.807) is 0 Å². The molecule has 0 aliphatic rings. The van der Waals surface area contributed by atoms with Crippen LogP contribution in [0, 0.1) is 0 Å². The predicted molar refractivity (Wildman–Crippen MR) is 311 cm³/mol. The number of allylic oxidation sites excluding steroid dienone is 14. The number of hydrogen-bond donors (Lipinski definition) is 0. The molecule has 0 aromatic carbocycles. The minimum Gasteiger partial charge on any atom is -0.462 e. The largest absolute Gasteiger partial charge is 0.462 e. The highest BCUT2D eigenvalue weighted by Crippen LogP contribution is 2.16. The lowest BCUT2D eigenvalue weighted by Crippen LogP contribution is -2.30. The molecule has 0 amide bonds. The van der Waals surface area contributed by atoms with Crippen LogP contribution in [-0.2, 0) is 28.6 Å². The topological polar surface area (TPSA) is 78.9 Å². The highest BCUT2D eigenvalue weighted by molar-refractivity contribution is 5.71. The van der Waals surface area contributed by atoms with Crippen molar-refractivity contribution in [2.45, 2.75) is 303 Å². The normalized spacial score (nSPS) is 12.7. The first-order chi connectivity index (χ1) is 35.5. The molecule has 0 N–H and O–H groups in total. The van der Waals surface area contributed by atoms with Gasteiger partial charge >= 0.3 is 17.9 Å². The number of esters is 3. The molecule has 6 heteroatoms. The van der Waals surface area contributed by atoms with Crippen molar-refractivity contribution in [3.63, 3.8) is 0 Å². The Hall–Kier alpha value is -3.41. The molecular weight excluding hydrogens is 889 g/mol. The third-order valence-electron chi connectivity index (χ3n) is 13.1. The van der Waals surface area contributed by atoms with Gasteiger partial charge in [-0.2, -0.15) is 0 Å². The van der Waals surface area contributed by atoms with Crippen molar-refractivity contribution in [3.8, 4) is 0 Å². The lowest BCUT2D eigenvalue weighted by Gasteiger charge is -2.18. The van der Waals surface area contributed by atoms with E-state index >= 15 is 0 Å². The molecule has 0 spiro atoms. The van der Waals surface area contributed by atoms with Gasteiger partial charge in [0.2, 0.25) is 0 Å². The highest BCUT2D eigenvalue weighted by atomic mass is 16.6. The summed E-state index contributed by atoms with van der Waals surface area (Å²) < 4.78 is 16.9. The van der Waals surface area contributed by atoms with Crippen molar-refractivity contribution in [1.29, 1.82) is 0 Å². The van der Waals surface area contributed by atoms with Crippen molar-refractivity contribution in [2.24, 2.45) is 0 Å². The van der Waals surface area contributed by atoms with Gasteiger partial charge in [-0.1, -0.05) is 266 Å². The van der Waals surface area contributed by atoms with Gasteiger partial charge in [0.05, 0.1) is 0 Å². The Balaban J connectivity index is 4.39. The van der Waals surface area contributed by atoms with Crippen LogP contribution in [0.1, 0.15) is 297 Å². The average molecular weight is 1000 g/mol. The Morgan fingerprint density at radius 2 is 0.542 bits per heavy atom. The maximum absolute atomic E-state index is 12.9. The maximum Gasteiger partial charge on any atom is 0.306 e. The van der Waals surface area contributed by atoms with E-state index in [1.807, 2.05) is 0 Å². The molecule has 0 aliphatic heterocycles. The SMILES string of the molecule is CC/C=C\C/C=C\C/C=C\C/C=C\CCCCCCC(=O)OC(COC(=O)CCCCCCCCCC/C=C\C/C=C\C/C=C\CCCCCCC)COC(=O)CCCCCCCCCCCCCCCC. The molecule has 0 saturated carbocycles. The second-order valence-corrected chi connectivity index (χ2v) is 20.2. The summed E-state index contributed by atoms with van der Waals surface area (Å²) >= 11 is 0. The maximum atomic E-state index is 12.9. The summed E-state index contributed by atoms with van der Waals surface area (Å²) in [5.74, 6) is -0.908. The Morgan fingerprint density at radius 1 is 0.292 bits per heavy atom. The number of hydrogen-bond acceptors (Lipinski definition) is 6. The molecule has 0 saturated heterocycles. The van der Waals surface area contributed by atoms with Crippen molar-refractivity contribution in [2.75, 3.05) is 13.2 Å². The Bertz CT molecular complexity index is 1380. The number of carbonyl (C=O) groups excluding carboxylic acids is 3. The third kappa shape index (κ3) is 57.5. The average Bonchev–Trinajstić information content (AvgIpc) is 3.38. The fourth-order valence-corrected chi connectivity index (χ4v) is 8.56. The molecule has 0 bridgehead atoms. The summed E-state index contributed by atoms with van der Waals surface area (Å²) in [6, 6.07) is 0. The lowest BCUT2D eigenvalue weighted by molar-refractivity contribution is -0.167. The molecule has 0 aliphatic carbocycles. The highest BCUT2D eigenvalue weighted by Gasteiger charge is 2.19. The minimum atomic E-state index is -0.792. The zero-order valence-electron chi connectivity index (χ0n) is 47.4. The molecule has 0 aromatic heterocycles. The number of carbonyl (C=O) groups is 3. The van der Waals surface area contributed by atoms with E-state index in [-0.39, 0.29) is 31.1 Å². The van der Waals surface area contributed by atoms with Gasteiger partial charge in [-0.05, 0) is 96.3 Å². The van der Waals surface area contributed by atoms with Crippen LogP contribution in [0.5, 0.6) is 0 Å². The molecule has 0 rings (SSSR count). The summed E-state index contributed by atoms with van der Waals surface area (Å²) in [6.07, 6.45) is 78.6. The molecule has 414 valence electrons. The van der Waals surface area contributed by atoms with Crippen molar-refractivity contribution in [1.82, 2.24) is 0 Å². The van der Waals surface area contributed by atoms with Gasteiger partial charge in [-0.15, -0.1) is 0 Å². The van der Waals surface area contributed by atoms with E-state index in [9.17, 15) is 14.4 Å². The summed E-state index contributed by atoms with van der Waals surface area (Å²) in [6.45, 7) is 6.51. The monoisotopic (exact) mass is 1000 g/mol. The first-order valence-corrected chi connectivity index (χ1v) is 30.6. The van der Waals surface area contributed by atoms with Gasteiger partial charge in [0, 0.05) is 19.3 Å². The fourth-order valence-electron chi connectivity index (χ4n) is 8.56. The molecule has 0 fully saturated rings. The third-order valence-corrected chi connectivity index (χ3v) is 13.1. The van der Waals surface area contributed by atoms with E-state index in [4.69, 9.17) is 14.2 Å². The van der Waals surface area contributed by atoms with Crippen molar-refractivity contribution >= 4 is 17.9 Å². The van der Waals surface area contributed by atoms with Gasteiger partial charge in [-0.3, -0.25) is 14.4 Å². The van der Waals surface area contributed by atoms with Gasteiger partial charge in [0.1, 0.15) is 13.2 Å². The summed E-state index contributed by atoms with van der Waals surface area (Å²) in [5.41, 5.74) is 0. The van der Waals surface area contributed by atoms with Gasteiger partial charge < -0.3 is 14.2 Å². The minimum absolute atomic E-state index is 0.0869. The van der Waals surface area contributed by atoms with Gasteiger partial charge in [0.25, 0.3) is 0 Å². The Labute approximate surface area is 445 Å². The van der Waals surface area contributed by atoms with Crippen LogP contribution in [-0.4, -0.2) is 37.2 Å². The zero-order chi connectivity index (χ0) is 52.2. The molecule has 0 heterocycles. The first kappa shape index (κ1) is 68.6. The van der Waals surface area contributed by atoms with E-state index in [1.165, 1.54) is 141 Å². The van der Waals surface area contributed by atoms with Crippen LogP contribution in [0.15, 0.2) is 85.1 Å². The Morgan fingerprint density at radius 3 is 0.847 bits per heavy atom. The number of unbranched alkanes of at least 4 members (excludes halogenated alkanes) is 30. The fraction of sp³-hybridized carbons (Fsp3) is 0.742. The molecular formula is C66H114O6. The summed E-state index contributed by atoms with van der Waals surface area (Å²) in [4.78, 5) is 38.2. The second kappa shape index (κ2) is 60.1. The Kier molecular flexibility index (Phi) is 57.3. The van der Waals surface area contributed by atoms with Crippen molar-refractivity contribution < 1.29 is 28.6 Å². The van der Waals surface area contributed by atoms with Gasteiger partial charge in [-0.25, -0.2) is 0 Å². The number of ether oxygens (including phenoxy) is 3. The zero-order valence-corrected chi connectivity index (χ0v) is 47.4.